The number of benzene rings is 1. The van der Waals surface area contributed by atoms with Crippen molar-refractivity contribution in [1.29, 1.82) is 0 Å². The van der Waals surface area contributed by atoms with Crippen LogP contribution in [0.5, 0.6) is 0 Å². The summed E-state index contributed by atoms with van der Waals surface area (Å²) in [6.45, 7) is 3.83. The van der Waals surface area contributed by atoms with Gasteiger partial charge in [0, 0.05) is 76.7 Å². The number of alkyl halides is 3. The molecule has 0 bridgehead atoms. The summed E-state index contributed by atoms with van der Waals surface area (Å²) < 4.78 is 54.1. The third-order valence-corrected chi connectivity index (χ3v) is 8.01. The average Bonchev–Trinajstić information content (AvgIpc) is 3.57. The van der Waals surface area contributed by atoms with Crippen LogP contribution < -0.4 is 10.2 Å². The van der Waals surface area contributed by atoms with E-state index in [1.54, 1.807) is 35.5 Å². The fourth-order valence-electron chi connectivity index (χ4n) is 5.61. The summed E-state index contributed by atoms with van der Waals surface area (Å²) in [5.41, 5.74) is -0.991. The van der Waals surface area contributed by atoms with Crippen LogP contribution in [0.4, 0.5) is 35.0 Å². The van der Waals surface area contributed by atoms with E-state index in [2.05, 4.69) is 25.4 Å². The Hall–Kier alpha value is -5.05. The first-order chi connectivity index (χ1) is 22.2. The van der Waals surface area contributed by atoms with Crippen LogP contribution in [0.15, 0.2) is 67.0 Å². The zero-order valence-corrected chi connectivity index (χ0v) is 24.7. The molecule has 5 heterocycles. The molecule has 0 aliphatic carbocycles. The van der Waals surface area contributed by atoms with Crippen LogP contribution in [0.1, 0.15) is 32.0 Å². The number of amides is 2. The molecule has 6 rings (SSSR count). The molecule has 2 aliphatic rings. The molecule has 2 saturated heterocycles. The molecule has 2 amide bonds. The molecule has 3 aromatic heterocycles. The van der Waals surface area contributed by atoms with E-state index in [4.69, 9.17) is 4.98 Å². The van der Waals surface area contributed by atoms with Gasteiger partial charge in [-0.1, -0.05) is 12.1 Å². The summed E-state index contributed by atoms with van der Waals surface area (Å²) in [6.07, 6.45) is -1.57. The van der Waals surface area contributed by atoms with E-state index >= 15 is 0 Å². The van der Waals surface area contributed by atoms with Crippen molar-refractivity contribution in [2.75, 3.05) is 62.6 Å². The number of carbonyl (C=O) groups excluding carboxylic acids is 2. The third-order valence-electron chi connectivity index (χ3n) is 8.01. The first-order valence-electron chi connectivity index (χ1n) is 14.8. The van der Waals surface area contributed by atoms with Gasteiger partial charge < -0.3 is 20.0 Å². The molecule has 0 radical (unpaired) electrons. The van der Waals surface area contributed by atoms with Crippen molar-refractivity contribution in [3.05, 3.63) is 95.2 Å². The van der Waals surface area contributed by atoms with Gasteiger partial charge in [-0.15, -0.1) is 0 Å². The van der Waals surface area contributed by atoms with Crippen molar-refractivity contribution in [3.8, 4) is 0 Å². The molecular formula is C31H31F4N9O2. The SMILES string of the molecule is O=C(c1cc(CN2CCN(C(=O)c3cccc(C(F)(F)F)c3F)CC2)nc(Nc2ccn[nH]2)c1)N1CCN(c2ccccn2)CC1. The van der Waals surface area contributed by atoms with Crippen LogP contribution in [-0.2, 0) is 12.7 Å². The van der Waals surface area contributed by atoms with Gasteiger partial charge >= 0.3 is 6.18 Å². The standard InChI is InChI=1S/C31H31F4N9O2/c32-28-23(4-3-5-24(28)31(33,34)35)30(46)44-12-10-41(11-13-44)20-22-18-21(19-26(38-22)39-25-7-9-37-40-25)29(45)43-16-14-42(15-17-43)27-6-1-2-8-36-27/h1-9,18-19H,10-17,20H2,(H2,37,38,39,40). The zero-order valence-electron chi connectivity index (χ0n) is 24.7. The Bertz CT molecular complexity index is 1670. The quantitative estimate of drug-likeness (QED) is 0.293. The number of hydrogen-bond acceptors (Lipinski definition) is 8. The highest BCUT2D eigenvalue weighted by Crippen LogP contribution is 2.33. The number of anilines is 3. The predicted octanol–water partition coefficient (Wildman–Crippen LogP) is 4.02. The van der Waals surface area contributed by atoms with E-state index in [1.165, 1.54) is 4.90 Å². The number of hydrogen-bond donors (Lipinski definition) is 2. The second-order valence-corrected chi connectivity index (χ2v) is 11.0. The molecule has 0 spiro atoms. The van der Waals surface area contributed by atoms with Gasteiger partial charge in [-0.3, -0.25) is 19.6 Å². The molecule has 4 aromatic rings. The Morgan fingerprint density at radius 1 is 0.848 bits per heavy atom. The largest absolute Gasteiger partial charge is 0.419 e. The number of aromatic amines is 1. The van der Waals surface area contributed by atoms with Gasteiger partial charge in [0.25, 0.3) is 11.8 Å². The minimum absolute atomic E-state index is 0.129. The number of aromatic nitrogens is 4. The first-order valence-corrected chi connectivity index (χ1v) is 14.8. The maximum atomic E-state index is 14.6. The maximum Gasteiger partial charge on any atom is 0.419 e. The number of pyridine rings is 2. The van der Waals surface area contributed by atoms with Crippen LogP contribution in [0, 0.1) is 5.82 Å². The minimum Gasteiger partial charge on any atom is -0.353 e. The van der Waals surface area contributed by atoms with Crippen molar-refractivity contribution < 1.29 is 27.2 Å². The van der Waals surface area contributed by atoms with Crippen molar-refractivity contribution in [3.63, 3.8) is 0 Å². The van der Waals surface area contributed by atoms with Gasteiger partial charge in [0.05, 0.1) is 23.0 Å². The first kappa shape index (κ1) is 31.0. The number of halogens is 4. The maximum absolute atomic E-state index is 14.6. The van der Waals surface area contributed by atoms with Gasteiger partial charge in [0.2, 0.25) is 0 Å². The zero-order chi connectivity index (χ0) is 32.3. The van der Waals surface area contributed by atoms with E-state index < -0.39 is 29.0 Å². The second-order valence-electron chi connectivity index (χ2n) is 11.0. The lowest BCUT2D eigenvalue weighted by Crippen LogP contribution is -2.49. The molecule has 11 nitrogen and oxygen atoms in total. The Morgan fingerprint density at radius 3 is 2.26 bits per heavy atom. The van der Waals surface area contributed by atoms with Gasteiger partial charge in [0.1, 0.15) is 23.3 Å². The van der Waals surface area contributed by atoms with Crippen LogP contribution in [-0.4, -0.2) is 99.0 Å². The van der Waals surface area contributed by atoms with Gasteiger partial charge in [-0.05, 0) is 36.4 Å². The summed E-state index contributed by atoms with van der Waals surface area (Å²) in [7, 11) is 0. The normalized spacial score (nSPS) is 16.0. The lowest BCUT2D eigenvalue weighted by Gasteiger charge is -2.36. The summed E-state index contributed by atoms with van der Waals surface area (Å²) in [6, 6.07) is 13.6. The van der Waals surface area contributed by atoms with E-state index in [1.807, 2.05) is 23.1 Å². The van der Waals surface area contributed by atoms with Crippen molar-refractivity contribution in [2.24, 2.45) is 0 Å². The number of rotatable bonds is 7. The third kappa shape index (κ3) is 6.93. The molecule has 1 aromatic carbocycles. The molecule has 15 heteroatoms. The van der Waals surface area contributed by atoms with Gasteiger partial charge in [0.15, 0.2) is 0 Å². The number of carbonyl (C=O) groups is 2. The summed E-state index contributed by atoms with van der Waals surface area (Å²) in [5, 5.41) is 9.91. The monoisotopic (exact) mass is 637 g/mol. The van der Waals surface area contributed by atoms with E-state index in [-0.39, 0.29) is 19.0 Å². The molecule has 2 aliphatic heterocycles. The number of nitrogens with zero attached hydrogens (tertiary/aromatic N) is 7. The molecule has 2 N–H and O–H groups in total. The predicted molar refractivity (Wildman–Crippen MR) is 161 cm³/mol. The molecule has 2 fully saturated rings. The van der Waals surface area contributed by atoms with Gasteiger partial charge in [-0.2, -0.15) is 18.3 Å². The Labute approximate surface area is 261 Å². The lowest BCUT2D eigenvalue weighted by molar-refractivity contribution is -0.140. The summed E-state index contributed by atoms with van der Waals surface area (Å²) in [5.74, 6) is -0.567. The van der Waals surface area contributed by atoms with Crippen molar-refractivity contribution >= 4 is 29.3 Å². The highest BCUT2D eigenvalue weighted by molar-refractivity contribution is 5.95. The molecule has 46 heavy (non-hydrogen) atoms. The Morgan fingerprint density at radius 2 is 1.59 bits per heavy atom. The van der Waals surface area contributed by atoms with E-state index in [0.29, 0.717) is 74.8 Å². The van der Waals surface area contributed by atoms with Gasteiger partial charge in [-0.25, -0.2) is 14.4 Å². The lowest BCUT2D eigenvalue weighted by atomic mass is 10.1. The highest BCUT2D eigenvalue weighted by Gasteiger charge is 2.36. The van der Waals surface area contributed by atoms with Crippen LogP contribution >= 0.6 is 0 Å². The molecule has 240 valence electrons. The van der Waals surface area contributed by atoms with Crippen molar-refractivity contribution in [1.82, 2.24) is 34.9 Å². The van der Waals surface area contributed by atoms with E-state index in [9.17, 15) is 27.2 Å². The average molecular weight is 638 g/mol. The fourth-order valence-corrected chi connectivity index (χ4v) is 5.61. The van der Waals surface area contributed by atoms with Crippen LogP contribution in [0.3, 0.4) is 0 Å². The molecule has 0 atom stereocenters. The highest BCUT2D eigenvalue weighted by atomic mass is 19.4. The topological polar surface area (TPSA) is 114 Å². The number of piperazine rings is 2. The van der Waals surface area contributed by atoms with Crippen LogP contribution in [0.2, 0.25) is 0 Å². The Kier molecular flexibility index (Phi) is 8.83. The molecule has 0 saturated carbocycles. The molecular weight excluding hydrogens is 606 g/mol. The number of nitrogens with one attached hydrogen (secondary N) is 2. The fraction of sp³-hybridized carbons (Fsp3) is 0.323. The van der Waals surface area contributed by atoms with Crippen LogP contribution in [0.25, 0.3) is 0 Å². The minimum atomic E-state index is -4.90. The van der Waals surface area contributed by atoms with Crippen molar-refractivity contribution in [2.45, 2.75) is 12.7 Å². The van der Waals surface area contributed by atoms with E-state index in [0.717, 1.165) is 18.0 Å². The molecule has 0 unspecified atom stereocenters. The Balaban J connectivity index is 1.13. The second kappa shape index (κ2) is 13.1. The summed E-state index contributed by atoms with van der Waals surface area (Å²) in [4.78, 5) is 43.0. The summed E-state index contributed by atoms with van der Waals surface area (Å²) >= 11 is 0. The number of H-pyrrole nitrogens is 1. The smallest absolute Gasteiger partial charge is 0.353 e.